The minimum absolute atomic E-state index is 0.142. The van der Waals surface area contributed by atoms with Crippen molar-refractivity contribution in [2.75, 3.05) is 19.0 Å². The quantitative estimate of drug-likeness (QED) is 0.813. The maximum atomic E-state index is 12.2. The molecule has 2 aromatic rings. The summed E-state index contributed by atoms with van der Waals surface area (Å²) in [5.74, 6) is -0.142. The van der Waals surface area contributed by atoms with E-state index in [1.807, 2.05) is 87.4 Å². The molecule has 1 amide bonds. The Morgan fingerprint density at radius 3 is 2.38 bits per heavy atom. The summed E-state index contributed by atoms with van der Waals surface area (Å²) in [6, 6.07) is 15.5. The number of hydrogen-bond acceptors (Lipinski definition) is 2. The molecule has 0 radical (unpaired) electrons. The second-order valence-electron chi connectivity index (χ2n) is 6.44. The number of nitrogens with one attached hydrogen (secondary N) is 1. The fourth-order valence-corrected chi connectivity index (χ4v) is 2.54. The molecule has 2 aromatic carbocycles. The third-order valence-corrected chi connectivity index (χ3v) is 4.05. The lowest BCUT2D eigenvalue weighted by atomic mass is 9.94. The van der Waals surface area contributed by atoms with E-state index >= 15 is 0 Å². The molecule has 0 heterocycles. The molecular weight excluding hydrogens is 320 g/mol. The molecule has 2 rings (SSSR count). The summed E-state index contributed by atoms with van der Waals surface area (Å²) in [5, 5.41) is 3.67. The van der Waals surface area contributed by atoms with Crippen molar-refractivity contribution in [3.8, 4) is 0 Å². The highest BCUT2D eigenvalue weighted by molar-refractivity contribution is 6.30. The Kier molecular flexibility index (Phi) is 5.68. The fraction of sp³-hybridized carbons (Fsp3) is 0.250. The summed E-state index contributed by atoms with van der Waals surface area (Å²) in [6.07, 6.45) is 3.36. The van der Waals surface area contributed by atoms with Crippen LogP contribution in [-0.4, -0.2) is 20.0 Å². The summed E-state index contributed by atoms with van der Waals surface area (Å²) in [5.41, 5.74) is 2.57. The molecule has 4 heteroatoms. The van der Waals surface area contributed by atoms with Crippen molar-refractivity contribution in [3.05, 3.63) is 70.8 Å². The summed E-state index contributed by atoms with van der Waals surface area (Å²) in [6.45, 7) is 3.91. The second-order valence-corrected chi connectivity index (χ2v) is 6.88. The van der Waals surface area contributed by atoms with Crippen molar-refractivity contribution < 1.29 is 4.79 Å². The Bertz CT molecular complexity index is 734. The van der Waals surface area contributed by atoms with Crippen LogP contribution in [0.5, 0.6) is 0 Å². The Morgan fingerprint density at radius 2 is 1.79 bits per heavy atom. The monoisotopic (exact) mass is 342 g/mol. The largest absolute Gasteiger partial charge is 0.378 e. The number of nitrogens with zero attached hydrogens (tertiary/aromatic N) is 1. The van der Waals surface area contributed by atoms with Gasteiger partial charge in [0.15, 0.2) is 0 Å². The van der Waals surface area contributed by atoms with Crippen LogP contribution in [0.4, 0.5) is 5.69 Å². The first-order chi connectivity index (χ1) is 11.3. The predicted octanol–water partition coefficient (Wildman–Crippen LogP) is 4.47. The summed E-state index contributed by atoms with van der Waals surface area (Å²) < 4.78 is 0. The molecule has 0 saturated heterocycles. The zero-order valence-corrected chi connectivity index (χ0v) is 15.3. The minimum atomic E-state index is -0.499. The molecular formula is C20H23ClN2O. The van der Waals surface area contributed by atoms with Crippen LogP contribution in [-0.2, 0) is 10.3 Å². The average molecular weight is 343 g/mol. The number of rotatable bonds is 5. The van der Waals surface area contributed by atoms with Gasteiger partial charge in [0.25, 0.3) is 0 Å². The predicted molar refractivity (Wildman–Crippen MR) is 102 cm³/mol. The lowest BCUT2D eigenvalue weighted by Crippen LogP contribution is -2.40. The third-order valence-electron chi connectivity index (χ3n) is 3.82. The van der Waals surface area contributed by atoms with Crippen LogP contribution < -0.4 is 10.2 Å². The Balaban J connectivity index is 2.04. The van der Waals surface area contributed by atoms with Gasteiger partial charge in [-0.15, -0.1) is 0 Å². The van der Waals surface area contributed by atoms with E-state index in [0.29, 0.717) is 5.02 Å². The molecule has 24 heavy (non-hydrogen) atoms. The number of halogens is 1. The topological polar surface area (TPSA) is 32.3 Å². The van der Waals surface area contributed by atoms with Crippen LogP contribution in [0.3, 0.4) is 0 Å². The Hall–Kier alpha value is -2.26. The number of carbonyl (C=O) groups is 1. The highest BCUT2D eigenvalue weighted by Crippen LogP contribution is 2.23. The van der Waals surface area contributed by atoms with Gasteiger partial charge < -0.3 is 10.2 Å². The lowest BCUT2D eigenvalue weighted by Gasteiger charge is -2.26. The van der Waals surface area contributed by atoms with Gasteiger partial charge in [0, 0.05) is 30.9 Å². The average Bonchev–Trinajstić information content (AvgIpc) is 2.53. The van der Waals surface area contributed by atoms with E-state index in [-0.39, 0.29) is 5.91 Å². The van der Waals surface area contributed by atoms with E-state index in [4.69, 9.17) is 11.6 Å². The standard InChI is InChI=1S/C20H23ClN2O/c1-20(2,16-6-5-7-17(21)14-16)22-19(24)13-10-15-8-11-18(12-9-15)23(3)4/h5-14H,1-4H3,(H,22,24)/b13-10+. The number of benzene rings is 2. The third kappa shape index (κ3) is 4.87. The molecule has 126 valence electrons. The second kappa shape index (κ2) is 7.54. The van der Waals surface area contributed by atoms with Gasteiger partial charge in [-0.05, 0) is 55.3 Å². The molecule has 0 bridgehead atoms. The van der Waals surface area contributed by atoms with Crippen LogP contribution in [0.2, 0.25) is 5.02 Å². The number of carbonyl (C=O) groups excluding carboxylic acids is 1. The maximum absolute atomic E-state index is 12.2. The van der Waals surface area contributed by atoms with E-state index < -0.39 is 5.54 Å². The SMILES string of the molecule is CN(C)c1ccc(/C=C/C(=O)NC(C)(C)c2cccc(Cl)c2)cc1. The van der Waals surface area contributed by atoms with Crippen molar-refractivity contribution >= 4 is 29.3 Å². The van der Waals surface area contributed by atoms with Crippen molar-refractivity contribution in [1.29, 1.82) is 0 Å². The van der Waals surface area contributed by atoms with Crippen LogP contribution in [0.1, 0.15) is 25.0 Å². The minimum Gasteiger partial charge on any atom is -0.378 e. The van der Waals surface area contributed by atoms with E-state index in [9.17, 15) is 4.79 Å². The van der Waals surface area contributed by atoms with Crippen LogP contribution >= 0.6 is 11.6 Å². The molecule has 0 spiro atoms. The van der Waals surface area contributed by atoms with Crippen molar-refractivity contribution in [3.63, 3.8) is 0 Å². The van der Waals surface area contributed by atoms with E-state index in [1.54, 1.807) is 6.08 Å². The van der Waals surface area contributed by atoms with E-state index in [1.165, 1.54) is 0 Å². The van der Waals surface area contributed by atoms with E-state index in [0.717, 1.165) is 16.8 Å². The van der Waals surface area contributed by atoms with Crippen LogP contribution in [0, 0.1) is 0 Å². The Labute approximate surface area is 148 Å². The van der Waals surface area contributed by atoms with E-state index in [2.05, 4.69) is 5.32 Å². The number of anilines is 1. The fourth-order valence-electron chi connectivity index (χ4n) is 2.35. The van der Waals surface area contributed by atoms with Gasteiger partial charge in [-0.3, -0.25) is 4.79 Å². The van der Waals surface area contributed by atoms with Gasteiger partial charge in [-0.25, -0.2) is 0 Å². The van der Waals surface area contributed by atoms with Crippen molar-refractivity contribution in [1.82, 2.24) is 5.32 Å². The zero-order chi connectivity index (χ0) is 17.7. The van der Waals surface area contributed by atoms with Crippen molar-refractivity contribution in [2.24, 2.45) is 0 Å². The smallest absolute Gasteiger partial charge is 0.244 e. The number of hydrogen-bond donors (Lipinski definition) is 1. The van der Waals surface area contributed by atoms with Gasteiger partial charge >= 0.3 is 0 Å². The molecule has 0 aromatic heterocycles. The summed E-state index contributed by atoms with van der Waals surface area (Å²) in [7, 11) is 3.99. The highest BCUT2D eigenvalue weighted by atomic mass is 35.5. The van der Waals surface area contributed by atoms with Gasteiger partial charge in [0.1, 0.15) is 0 Å². The molecule has 0 aliphatic rings. The first kappa shape index (κ1) is 18.1. The molecule has 0 saturated carbocycles. The van der Waals surface area contributed by atoms with Crippen molar-refractivity contribution in [2.45, 2.75) is 19.4 Å². The van der Waals surface area contributed by atoms with Gasteiger partial charge in [0.05, 0.1) is 5.54 Å². The molecule has 3 nitrogen and oxygen atoms in total. The molecule has 0 atom stereocenters. The van der Waals surface area contributed by atoms with Crippen LogP contribution in [0.25, 0.3) is 6.08 Å². The maximum Gasteiger partial charge on any atom is 0.244 e. The highest BCUT2D eigenvalue weighted by Gasteiger charge is 2.21. The van der Waals surface area contributed by atoms with Crippen LogP contribution in [0.15, 0.2) is 54.6 Å². The van der Waals surface area contributed by atoms with Gasteiger partial charge in [-0.1, -0.05) is 35.9 Å². The zero-order valence-electron chi connectivity index (χ0n) is 14.5. The van der Waals surface area contributed by atoms with Gasteiger partial charge in [0.2, 0.25) is 5.91 Å². The number of amides is 1. The Morgan fingerprint density at radius 1 is 1.12 bits per heavy atom. The molecule has 0 aliphatic carbocycles. The normalized spacial score (nSPS) is 11.5. The first-order valence-corrected chi connectivity index (χ1v) is 8.19. The summed E-state index contributed by atoms with van der Waals surface area (Å²) in [4.78, 5) is 14.3. The first-order valence-electron chi connectivity index (χ1n) is 7.81. The van der Waals surface area contributed by atoms with Gasteiger partial charge in [-0.2, -0.15) is 0 Å². The molecule has 0 fully saturated rings. The summed E-state index contributed by atoms with van der Waals surface area (Å²) >= 11 is 6.03. The molecule has 0 aliphatic heterocycles. The molecule has 0 unspecified atom stereocenters. The lowest BCUT2D eigenvalue weighted by molar-refractivity contribution is -0.118. The molecule has 1 N–H and O–H groups in total.